The second kappa shape index (κ2) is 24.9. The van der Waals surface area contributed by atoms with Crippen LogP contribution in [0.1, 0.15) is 103 Å². The Morgan fingerprint density at radius 1 is 1.23 bits per heavy atom. The van der Waals surface area contributed by atoms with E-state index in [1.807, 2.05) is 77.5 Å². The zero-order valence-corrected chi connectivity index (χ0v) is 27.3. The van der Waals surface area contributed by atoms with E-state index in [9.17, 15) is 9.59 Å². The average molecular weight is 575 g/mol. The molecule has 1 aromatic heterocycles. The third-order valence-corrected chi connectivity index (χ3v) is 6.24. The van der Waals surface area contributed by atoms with Gasteiger partial charge in [0, 0.05) is 30.9 Å². The lowest BCUT2D eigenvalue weighted by molar-refractivity contribution is 0.111. The highest BCUT2D eigenvalue weighted by Gasteiger charge is 2.25. The molecule has 0 atom stereocenters. The summed E-state index contributed by atoms with van der Waals surface area (Å²) >= 11 is 1.54. The number of amides is 2. The van der Waals surface area contributed by atoms with Gasteiger partial charge in [0.2, 0.25) is 0 Å². The van der Waals surface area contributed by atoms with Crippen LogP contribution in [0, 0.1) is 0 Å². The smallest absolute Gasteiger partial charge is 0.317 e. The number of thiazole rings is 1. The van der Waals surface area contributed by atoms with Crippen molar-refractivity contribution in [1.29, 1.82) is 0 Å². The minimum absolute atomic E-state index is 0.0352. The topological polar surface area (TPSA) is 90.3 Å². The third kappa shape index (κ3) is 17.5. The molecular weight excluding hydrogens is 520 g/mol. The maximum Gasteiger partial charge on any atom is 0.317 e. The number of urea groups is 1. The van der Waals surface area contributed by atoms with Crippen LogP contribution in [0.5, 0.6) is 0 Å². The molecule has 2 aliphatic heterocycles. The van der Waals surface area contributed by atoms with Gasteiger partial charge in [-0.25, -0.2) is 9.78 Å². The molecule has 0 aromatic carbocycles. The molecule has 0 unspecified atom stereocenters. The fourth-order valence-electron chi connectivity index (χ4n) is 3.67. The Bertz CT molecular complexity index is 943. The summed E-state index contributed by atoms with van der Waals surface area (Å²) in [5.74, 6) is 0.383. The molecule has 1 N–H and O–H groups in total. The van der Waals surface area contributed by atoms with Crippen LogP contribution in [0.2, 0.25) is 0 Å². The number of piperidine rings is 1. The number of rotatable bonds is 7. The van der Waals surface area contributed by atoms with Gasteiger partial charge in [-0.1, -0.05) is 64.5 Å². The summed E-state index contributed by atoms with van der Waals surface area (Å²) in [7, 11) is 0. The molecule has 1 fully saturated rings. The quantitative estimate of drug-likeness (QED) is 0.205. The lowest BCUT2D eigenvalue weighted by atomic mass is 9.98. The molecule has 3 heterocycles. The summed E-state index contributed by atoms with van der Waals surface area (Å²) in [6.07, 6.45) is 9.61. The Kier molecular flexibility index (Phi) is 24.4. The molecule has 2 amide bonds. The molecule has 1 aromatic rings. The van der Waals surface area contributed by atoms with Crippen LogP contribution >= 0.6 is 11.3 Å². The van der Waals surface area contributed by atoms with Crippen molar-refractivity contribution in [2.45, 2.75) is 87.5 Å². The van der Waals surface area contributed by atoms with Crippen molar-refractivity contribution in [1.82, 2.24) is 20.2 Å². The second-order valence-corrected chi connectivity index (χ2v) is 9.72. The SMILES string of the molecule is C=C(C)/C=C\C.C=NCN1CC(C)=CC(C)=N1.CC.CC.CCCNC(=O)N1CCC(c2nc(C=O)cs2)CC1. The molecule has 8 nitrogen and oxygen atoms in total. The lowest BCUT2D eigenvalue weighted by Gasteiger charge is -2.31. The standard InChI is InChI=1S/C13H19N3O2S.C8H13N3.C6H10.2C2H6/c1-2-5-14-13(18)16-6-3-10(4-7-16)12-15-11(8-17)9-19-12;1-7-4-8(2)10-11(5-7)6-9-3;1-4-5-6(2)3;2*1-2/h8-10H,2-7H2,1H3,(H,14,18);4H,3,5-6H2,1-2H3;4-5H,2H2,1,3H3;2*1-2H3/b;;5-4-;;. The number of carbonyl (C=O) groups is 2. The molecule has 9 heteroatoms. The largest absolute Gasteiger partial charge is 0.338 e. The van der Waals surface area contributed by atoms with Gasteiger partial charge >= 0.3 is 6.03 Å². The molecular formula is C31H54N6O2S. The number of hydrazone groups is 1. The first-order chi connectivity index (χ1) is 19.2. The number of allylic oxidation sites excluding steroid dienone is 4. The van der Waals surface area contributed by atoms with Crippen LogP contribution in [-0.2, 0) is 0 Å². The van der Waals surface area contributed by atoms with Crippen LogP contribution < -0.4 is 5.32 Å². The monoisotopic (exact) mass is 574 g/mol. The fraction of sp³-hybridized carbons (Fsp3) is 0.581. The zero-order valence-electron chi connectivity index (χ0n) is 26.5. The lowest BCUT2D eigenvalue weighted by Crippen LogP contribution is -2.44. The van der Waals surface area contributed by atoms with Gasteiger partial charge in [-0.2, -0.15) is 5.10 Å². The van der Waals surface area contributed by atoms with Gasteiger partial charge in [-0.3, -0.25) is 14.8 Å². The average Bonchev–Trinajstić information content (AvgIpc) is 3.44. The Hall–Kier alpha value is -3.07. The number of hydrogen-bond acceptors (Lipinski definition) is 7. The van der Waals surface area contributed by atoms with E-state index in [0.717, 1.165) is 68.0 Å². The third-order valence-electron chi connectivity index (χ3n) is 5.22. The number of carbonyl (C=O) groups excluding carboxylic acids is 2. The van der Waals surface area contributed by atoms with Gasteiger partial charge in [0.25, 0.3) is 0 Å². The predicted molar refractivity (Wildman–Crippen MR) is 175 cm³/mol. The van der Waals surface area contributed by atoms with Crippen molar-refractivity contribution >= 4 is 36.1 Å². The van der Waals surface area contributed by atoms with Gasteiger partial charge in [0.15, 0.2) is 6.29 Å². The summed E-state index contributed by atoms with van der Waals surface area (Å²) in [5, 5.41) is 11.9. The van der Waals surface area contributed by atoms with Gasteiger partial charge in [0.05, 0.1) is 17.3 Å². The van der Waals surface area contributed by atoms with Crippen LogP contribution in [0.25, 0.3) is 0 Å². The predicted octanol–water partition coefficient (Wildman–Crippen LogP) is 7.73. The highest BCUT2D eigenvalue weighted by Crippen LogP contribution is 2.30. The Labute approximate surface area is 248 Å². The van der Waals surface area contributed by atoms with Crippen molar-refractivity contribution in [3.63, 3.8) is 0 Å². The van der Waals surface area contributed by atoms with Crippen LogP contribution in [-0.4, -0.2) is 72.5 Å². The number of likely N-dealkylation sites (tertiary alicyclic amines) is 1. The number of nitrogens with zero attached hydrogens (tertiary/aromatic N) is 5. The van der Waals surface area contributed by atoms with Crippen molar-refractivity contribution in [2.24, 2.45) is 10.1 Å². The molecule has 0 spiro atoms. The number of aromatic nitrogens is 1. The Balaban J connectivity index is 0. The minimum Gasteiger partial charge on any atom is -0.338 e. The normalized spacial score (nSPS) is 14.3. The fourth-order valence-corrected chi connectivity index (χ4v) is 4.61. The minimum atomic E-state index is 0.0352. The van der Waals surface area contributed by atoms with E-state index in [1.54, 1.807) is 16.7 Å². The van der Waals surface area contributed by atoms with Gasteiger partial charge in [-0.05, 0) is 59.8 Å². The van der Waals surface area contributed by atoms with Gasteiger partial charge in [0.1, 0.15) is 12.4 Å². The first-order valence-corrected chi connectivity index (χ1v) is 15.2. The molecule has 0 aliphatic carbocycles. The van der Waals surface area contributed by atoms with E-state index in [-0.39, 0.29) is 6.03 Å². The molecule has 40 heavy (non-hydrogen) atoms. The van der Waals surface area contributed by atoms with E-state index in [2.05, 4.69) is 46.7 Å². The molecule has 2 aliphatic rings. The van der Waals surface area contributed by atoms with Crippen LogP contribution in [0.4, 0.5) is 4.79 Å². The number of aldehydes is 1. The molecule has 3 rings (SSSR count). The number of hydrogen-bond donors (Lipinski definition) is 1. The van der Waals surface area contributed by atoms with Gasteiger partial charge < -0.3 is 10.2 Å². The zero-order chi connectivity index (χ0) is 30.9. The van der Waals surface area contributed by atoms with Crippen molar-refractivity contribution in [3.05, 3.63) is 52.0 Å². The summed E-state index contributed by atoms with van der Waals surface area (Å²) in [4.78, 5) is 32.4. The first-order valence-electron chi connectivity index (χ1n) is 14.3. The highest BCUT2D eigenvalue weighted by atomic mass is 32.1. The van der Waals surface area contributed by atoms with E-state index >= 15 is 0 Å². The molecule has 0 saturated carbocycles. The number of aliphatic imine (C=N–C) groups is 1. The first kappa shape index (κ1) is 39.1. The molecule has 0 radical (unpaired) electrons. The summed E-state index contributed by atoms with van der Waals surface area (Å²) in [5.41, 5.74) is 3.99. The Morgan fingerprint density at radius 2 is 1.85 bits per heavy atom. The maximum absolute atomic E-state index is 11.8. The van der Waals surface area contributed by atoms with Gasteiger partial charge in [-0.15, -0.1) is 11.3 Å². The summed E-state index contributed by atoms with van der Waals surface area (Å²) in [6, 6.07) is 0.0352. The molecule has 0 bridgehead atoms. The van der Waals surface area contributed by atoms with E-state index in [1.165, 1.54) is 5.57 Å². The van der Waals surface area contributed by atoms with Crippen LogP contribution in [0.3, 0.4) is 0 Å². The van der Waals surface area contributed by atoms with Crippen molar-refractivity contribution in [2.75, 3.05) is 32.8 Å². The highest BCUT2D eigenvalue weighted by molar-refractivity contribution is 7.09. The Morgan fingerprint density at radius 3 is 2.27 bits per heavy atom. The van der Waals surface area contributed by atoms with Crippen LogP contribution in [0.15, 0.2) is 51.4 Å². The van der Waals surface area contributed by atoms with Crippen molar-refractivity contribution < 1.29 is 9.59 Å². The van der Waals surface area contributed by atoms with E-state index in [4.69, 9.17) is 0 Å². The number of nitrogens with one attached hydrogen (secondary N) is 1. The second-order valence-electron chi connectivity index (χ2n) is 8.83. The maximum atomic E-state index is 11.8. The summed E-state index contributed by atoms with van der Waals surface area (Å²) < 4.78 is 0. The van der Waals surface area contributed by atoms with Crippen molar-refractivity contribution in [3.8, 4) is 0 Å². The summed E-state index contributed by atoms with van der Waals surface area (Å²) in [6.45, 7) is 28.9. The van der Waals surface area contributed by atoms with E-state index in [0.29, 0.717) is 18.3 Å². The van der Waals surface area contributed by atoms with E-state index < -0.39 is 0 Å². The molecule has 226 valence electrons. The molecule has 1 saturated heterocycles.